The Morgan fingerprint density at radius 3 is 2.32 bits per heavy atom. The predicted octanol–water partition coefficient (Wildman–Crippen LogP) is 3.82. The van der Waals surface area contributed by atoms with Crippen LogP contribution >= 0.6 is 0 Å². The van der Waals surface area contributed by atoms with Gasteiger partial charge < -0.3 is 10.1 Å². The van der Waals surface area contributed by atoms with Crippen LogP contribution in [0, 0.1) is 11.8 Å². The molecule has 2 aromatic carbocycles. The molecule has 7 heteroatoms. The number of benzene rings is 2. The fourth-order valence-electron chi connectivity index (χ4n) is 4.90. The Hall–Kier alpha value is -2.38. The Bertz CT molecular complexity index is 1020. The zero-order chi connectivity index (χ0) is 22.0. The second-order valence-electron chi connectivity index (χ2n) is 8.56. The molecule has 2 bridgehead atoms. The average molecular weight is 443 g/mol. The van der Waals surface area contributed by atoms with Gasteiger partial charge in [-0.2, -0.15) is 4.31 Å². The number of ether oxygens (including phenoxy) is 1. The van der Waals surface area contributed by atoms with Gasteiger partial charge in [0, 0.05) is 24.7 Å². The minimum Gasteiger partial charge on any atom is -0.497 e. The SMILES string of the molecule is CCN(Cc1ccc(C(=O)NC2CC3CCC2C3)cc1)S(=O)(=O)c1ccc(OC)cc1. The van der Waals surface area contributed by atoms with Crippen LogP contribution in [0.1, 0.15) is 48.5 Å². The fraction of sp³-hybridized carbons (Fsp3) is 0.458. The zero-order valence-corrected chi connectivity index (χ0v) is 18.9. The first-order valence-electron chi connectivity index (χ1n) is 10.9. The molecule has 0 heterocycles. The number of carbonyl (C=O) groups is 1. The van der Waals surface area contributed by atoms with Gasteiger partial charge in [-0.05, 0) is 73.1 Å². The fourth-order valence-corrected chi connectivity index (χ4v) is 6.34. The van der Waals surface area contributed by atoms with Gasteiger partial charge in [-0.1, -0.05) is 25.5 Å². The minimum atomic E-state index is -3.62. The number of hydrogen-bond acceptors (Lipinski definition) is 4. The molecule has 4 rings (SSSR count). The summed E-state index contributed by atoms with van der Waals surface area (Å²) in [5.41, 5.74) is 1.46. The number of rotatable bonds is 8. The lowest BCUT2D eigenvalue weighted by Gasteiger charge is -2.23. The van der Waals surface area contributed by atoms with Gasteiger partial charge in [-0.3, -0.25) is 4.79 Å². The van der Waals surface area contributed by atoms with Gasteiger partial charge in [0.15, 0.2) is 0 Å². The largest absolute Gasteiger partial charge is 0.497 e. The predicted molar refractivity (Wildman–Crippen MR) is 119 cm³/mol. The van der Waals surface area contributed by atoms with Gasteiger partial charge >= 0.3 is 0 Å². The molecule has 166 valence electrons. The highest BCUT2D eigenvalue weighted by Crippen LogP contribution is 2.44. The van der Waals surface area contributed by atoms with E-state index >= 15 is 0 Å². The van der Waals surface area contributed by atoms with E-state index in [1.54, 1.807) is 43.5 Å². The molecule has 2 aliphatic carbocycles. The monoisotopic (exact) mass is 442 g/mol. The lowest BCUT2D eigenvalue weighted by Crippen LogP contribution is -2.38. The summed E-state index contributed by atoms with van der Waals surface area (Å²) in [6.45, 7) is 2.41. The lowest BCUT2D eigenvalue weighted by atomic mass is 9.95. The number of amides is 1. The standard InChI is InChI=1S/C24H30N2O4S/c1-3-26(31(28,29)22-12-10-21(30-2)11-13-22)16-17-4-7-19(8-5-17)24(27)25-23-15-18-6-9-20(23)14-18/h4-5,7-8,10-13,18,20,23H,3,6,9,14-16H2,1-2H3,(H,25,27). The molecule has 2 fully saturated rings. The van der Waals surface area contributed by atoms with Gasteiger partial charge in [0.1, 0.15) is 5.75 Å². The molecule has 1 N–H and O–H groups in total. The van der Waals surface area contributed by atoms with Crippen molar-refractivity contribution in [2.24, 2.45) is 11.8 Å². The van der Waals surface area contributed by atoms with Crippen LogP contribution in [0.25, 0.3) is 0 Å². The number of sulfonamides is 1. The summed E-state index contributed by atoms with van der Waals surface area (Å²) in [7, 11) is -2.08. The van der Waals surface area contributed by atoms with Crippen LogP contribution in [0.3, 0.4) is 0 Å². The van der Waals surface area contributed by atoms with Gasteiger partial charge in [-0.25, -0.2) is 8.42 Å². The van der Waals surface area contributed by atoms with Crippen molar-refractivity contribution in [1.82, 2.24) is 9.62 Å². The summed E-state index contributed by atoms with van der Waals surface area (Å²) in [5.74, 6) is 1.99. The van der Waals surface area contributed by atoms with Crippen LogP contribution < -0.4 is 10.1 Å². The first-order valence-corrected chi connectivity index (χ1v) is 12.4. The Morgan fingerprint density at radius 2 is 1.77 bits per heavy atom. The summed E-state index contributed by atoms with van der Waals surface area (Å²) < 4.78 is 32.6. The second-order valence-corrected chi connectivity index (χ2v) is 10.5. The highest BCUT2D eigenvalue weighted by molar-refractivity contribution is 7.89. The Kier molecular flexibility index (Phi) is 6.34. The molecular formula is C24H30N2O4S. The topological polar surface area (TPSA) is 75.7 Å². The normalized spacial score (nSPS) is 22.6. The lowest BCUT2D eigenvalue weighted by molar-refractivity contribution is 0.0923. The molecule has 2 saturated carbocycles. The van der Waals surface area contributed by atoms with Crippen molar-refractivity contribution < 1.29 is 17.9 Å². The molecule has 2 aliphatic rings. The minimum absolute atomic E-state index is 0.0395. The Balaban J connectivity index is 1.41. The van der Waals surface area contributed by atoms with Crippen LogP contribution in [-0.2, 0) is 16.6 Å². The number of nitrogens with one attached hydrogen (secondary N) is 1. The van der Waals surface area contributed by atoms with Crippen molar-refractivity contribution in [2.75, 3.05) is 13.7 Å². The van der Waals surface area contributed by atoms with Crippen LogP contribution in [0.15, 0.2) is 53.4 Å². The van der Waals surface area contributed by atoms with Crippen molar-refractivity contribution in [3.8, 4) is 5.75 Å². The van der Waals surface area contributed by atoms with Gasteiger partial charge in [0.2, 0.25) is 10.0 Å². The van der Waals surface area contributed by atoms with E-state index in [4.69, 9.17) is 4.74 Å². The molecule has 0 saturated heterocycles. The van der Waals surface area contributed by atoms with Gasteiger partial charge in [0.25, 0.3) is 5.91 Å². The third-order valence-corrected chi connectivity index (χ3v) is 8.61. The van der Waals surface area contributed by atoms with Crippen LogP contribution in [0.4, 0.5) is 0 Å². The van der Waals surface area contributed by atoms with Crippen molar-refractivity contribution in [1.29, 1.82) is 0 Å². The van der Waals surface area contributed by atoms with E-state index in [1.165, 1.54) is 23.6 Å². The highest BCUT2D eigenvalue weighted by atomic mass is 32.2. The van der Waals surface area contributed by atoms with Crippen LogP contribution in [0.5, 0.6) is 5.75 Å². The van der Waals surface area contributed by atoms with Gasteiger partial charge in [-0.15, -0.1) is 0 Å². The highest BCUT2D eigenvalue weighted by Gasteiger charge is 2.40. The van der Waals surface area contributed by atoms with Crippen molar-refractivity contribution in [2.45, 2.75) is 50.1 Å². The maximum atomic E-state index is 13.0. The molecular weight excluding hydrogens is 412 g/mol. The van der Waals surface area contributed by atoms with Crippen molar-refractivity contribution >= 4 is 15.9 Å². The molecule has 6 nitrogen and oxygen atoms in total. The number of methoxy groups -OCH3 is 1. The quantitative estimate of drug-likeness (QED) is 0.674. The first-order chi connectivity index (χ1) is 14.9. The molecule has 1 amide bonds. The third kappa shape index (κ3) is 4.62. The summed E-state index contributed by atoms with van der Waals surface area (Å²) >= 11 is 0. The first kappa shape index (κ1) is 21.8. The number of nitrogens with zero attached hydrogens (tertiary/aromatic N) is 1. The number of hydrogen-bond donors (Lipinski definition) is 1. The average Bonchev–Trinajstić information content (AvgIpc) is 3.41. The molecule has 3 atom stereocenters. The van der Waals surface area contributed by atoms with E-state index in [0.717, 1.165) is 17.9 Å². The van der Waals surface area contributed by atoms with E-state index in [9.17, 15) is 13.2 Å². The molecule has 2 aromatic rings. The summed E-state index contributed by atoms with van der Waals surface area (Å²) in [5, 5.41) is 3.20. The van der Waals surface area contributed by atoms with E-state index in [0.29, 0.717) is 29.8 Å². The van der Waals surface area contributed by atoms with E-state index in [-0.39, 0.29) is 17.3 Å². The Morgan fingerprint density at radius 1 is 1.06 bits per heavy atom. The van der Waals surface area contributed by atoms with Crippen molar-refractivity contribution in [3.05, 3.63) is 59.7 Å². The van der Waals surface area contributed by atoms with Crippen LogP contribution in [-0.4, -0.2) is 38.3 Å². The second kappa shape index (κ2) is 9.01. The van der Waals surface area contributed by atoms with Crippen LogP contribution in [0.2, 0.25) is 0 Å². The van der Waals surface area contributed by atoms with E-state index in [2.05, 4.69) is 5.32 Å². The summed E-state index contributed by atoms with van der Waals surface area (Å²) in [4.78, 5) is 12.9. The molecule has 0 spiro atoms. The number of fused-ring (bicyclic) bond motifs is 2. The van der Waals surface area contributed by atoms with Gasteiger partial charge in [0.05, 0.1) is 12.0 Å². The number of carbonyl (C=O) groups excluding carboxylic acids is 1. The third-order valence-electron chi connectivity index (χ3n) is 6.68. The molecule has 3 unspecified atom stereocenters. The smallest absolute Gasteiger partial charge is 0.251 e. The Labute approximate surface area is 184 Å². The maximum absolute atomic E-state index is 13.0. The van der Waals surface area contributed by atoms with Crippen molar-refractivity contribution in [3.63, 3.8) is 0 Å². The molecule has 0 aromatic heterocycles. The summed E-state index contributed by atoms with van der Waals surface area (Å²) in [6, 6.07) is 13.9. The van der Waals surface area contributed by atoms with E-state index < -0.39 is 10.0 Å². The molecule has 0 radical (unpaired) electrons. The maximum Gasteiger partial charge on any atom is 0.251 e. The zero-order valence-electron chi connectivity index (χ0n) is 18.1. The molecule has 0 aliphatic heterocycles. The van der Waals surface area contributed by atoms with E-state index in [1.807, 2.05) is 19.1 Å². The molecule has 31 heavy (non-hydrogen) atoms. The summed E-state index contributed by atoms with van der Waals surface area (Å²) in [6.07, 6.45) is 4.88.